The van der Waals surface area contributed by atoms with Gasteiger partial charge in [-0.25, -0.2) is 0 Å². The minimum Gasteiger partial charge on any atom is -0.398 e. The van der Waals surface area contributed by atoms with Crippen LogP contribution in [0.3, 0.4) is 0 Å². The number of piperazine rings is 1. The first-order chi connectivity index (χ1) is 12.7. The number of hydrogen-bond acceptors (Lipinski definition) is 4. The average Bonchev–Trinajstić information content (AvgIpc) is 2.68. The highest BCUT2D eigenvalue weighted by Gasteiger charge is 2.17. The minimum atomic E-state index is -0.130. The Morgan fingerprint density at radius 1 is 0.897 bits per heavy atom. The van der Waals surface area contributed by atoms with Gasteiger partial charge in [0, 0.05) is 45.0 Å². The van der Waals surface area contributed by atoms with Gasteiger partial charge in [0.25, 0.3) is 5.91 Å². The van der Waals surface area contributed by atoms with Gasteiger partial charge in [0.05, 0.1) is 5.56 Å². The molecule has 29 heavy (non-hydrogen) atoms. The third-order valence-corrected chi connectivity index (χ3v) is 5.07. The normalized spacial score (nSPS) is 14.1. The van der Waals surface area contributed by atoms with Crippen molar-refractivity contribution in [1.82, 2.24) is 15.1 Å². The van der Waals surface area contributed by atoms with Crippen LogP contribution >= 0.6 is 37.2 Å². The van der Waals surface area contributed by atoms with Crippen LogP contribution in [0, 0.1) is 0 Å². The molecule has 1 aliphatic rings. The van der Waals surface area contributed by atoms with Crippen LogP contribution in [0.1, 0.15) is 28.4 Å². The molecule has 3 rings (SSSR count). The number of amides is 1. The van der Waals surface area contributed by atoms with E-state index >= 15 is 0 Å². The number of hydrogen-bond donors (Lipinski definition) is 2. The summed E-state index contributed by atoms with van der Waals surface area (Å²) in [5.41, 5.74) is 9.37. The predicted molar refractivity (Wildman–Crippen MR) is 128 cm³/mol. The number of rotatable bonds is 6. The van der Waals surface area contributed by atoms with E-state index in [1.807, 2.05) is 18.2 Å². The van der Waals surface area contributed by atoms with Crippen LogP contribution < -0.4 is 11.1 Å². The van der Waals surface area contributed by atoms with Gasteiger partial charge in [0.15, 0.2) is 0 Å². The first kappa shape index (κ1) is 27.5. The summed E-state index contributed by atoms with van der Waals surface area (Å²) in [7, 11) is 0. The molecule has 1 fully saturated rings. The van der Waals surface area contributed by atoms with E-state index in [2.05, 4.69) is 40.2 Å². The SMILES string of the molecule is CCN1CCN(Cc2ccccc2CNC(=O)c2ccccc2N)CC1.Cl.Cl.Cl. The summed E-state index contributed by atoms with van der Waals surface area (Å²) in [6.45, 7) is 9.22. The Hall–Kier alpha value is -1.50. The highest BCUT2D eigenvalue weighted by Crippen LogP contribution is 2.15. The number of nitrogen functional groups attached to an aromatic ring is 1. The Bertz CT molecular complexity index is 752. The number of nitrogens with zero attached hydrogens (tertiary/aromatic N) is 2. The molecule has 0 aliphatic carbocycles. The Morgan fingerprint density at radius 3 is 2.07 bits per heavy atom. The maximum atomic E-state index is 12.4. The monoisotopic (exact) mass is 460 g/mol. The molecule has 1 saturated heterocycles. The first-order valence-corrected chi connectivity index (χ1v) is 9.31. The smallest absolute Gasteiger partial charge is 0.253 e. The largest absolute Gasteiger partial charge is 0.398 e. The lowest BCUT2D eigenvalue weighted by Gasteiger charge is -2.34. The van der Waals surface area contributed by atoms with Gasteiger partial charge < -0.3 is 16.0 Å². The zero-order valence-corrected chi connectivity index (χ0v) is 19.1. The molecule has 0 spiro atoms. The number of para-hydroxylation sites is 1. The second-order valence-electron chi connectivity index (χ2n) is 6.75. The van der Waals surface area contributed by atoms with E-state index in [-0.39, 0.29) is 43.1 Å². The summed E-state index contributed by atoms with van der Waals surface area (Å²) >= 11 is 0. The third-order valence-electron chi connectivity index (χ3n) is 5.07. The van der Waals surface area contributed by atoms with Crippen LogP contribution in [0.4, 0.5) is 5.69 Å². The molecule has 2 aromatic rings. The lowest BCUT2D eigenvalue weighted by molar-refractivity contribution is 0.0951. The van der Waals surface area contributed by atoms with Crippen LogP contribution in [-0.4, -0.2) is 48.4 Å². The summed E-state index contributed by atoms with van der Waals surface area (Å²) in [5, 5.41) is 3.00. The summed E-state index contributed by atoms with van der Waals surface area (Å²) in [5.74, 6) is -0.130. The summed E-state index contributed by atoms with van der Waals surface area (Å²) in [6, 6.07) is 15.5. The van der Waals surface area contributed by atoms with Gasteiger partial charge in [-0.3, -0.25) is 9.69 Å². The van der Waals surface area contributed by atoms with Crippen molar-refractivity contribution in [2.24, 2.45) is 0 Å². The average molecular weight is 462 g/mol. The third kappa shape index (κ3) is 7.68. The van der Waals surface area contributed by atoms with E-state index in [0.29, 0.717) is 17.8 Å². The fourth-order valence-corrected chi connectivity index (χ4v) is 3.36. The van der Waals surface area contributed by atoms with Gasteiger partial charge in [-0.2, -0.15) is 0 Å². The van der Waals surface area contributed by atoms with Crippen molar-refractivity contribution in [1.29, 1.82) is 0 Å². The summed E-state index contributed by atoms with van der Waals surface area (Å²) in [6.07, 6.45) is 0. The maximum Gasteiger partial charge on any atom is 0.253 e. The highest BCUT2D eigenvalue weighted by molar-refractivity contribution is 5.99. The molecule has 1 heterocycles. The molecule has 0 saturated carbocycles. The number of likely N-dealkylation sites (N-methyl/N-ethyl adjacent to an activating group) is 1. The molecule has 0 aromatic heterocycles. The van der Waals surface area contributed by atoms with Crippen LogP contribution in [-0.2, 0) is 13.1 Å². The topological polar surface area (TPSA) is 61.6 Å². The van der Waals surface area contributed by atoms with Gasteiger partial charge in [-0.05, 0) is 29.8 Å². The molecule has 1 amide bonds. The van der Waals surface area contributed by atoms with Gasteiger partial charge in [-0.15, -0.1) is 37.2 Å². The number of nitrogens with one attached hydrogen (secondary N) is 1. The van der Waals surface area contributed by atoms with Crippen LogP contribution in [0.5, 0.6) is 0 Å². The van der Waals surface area contributed by atoms with Crippen molar-refractivity contribution in [3.05, 3.63) is 65.2 Å². The molecule has 2 aromatic carbocycles. The van der Waals surface area contributed by atoms with Crippen LogP contribution in [0.15, 0.2) is 48.5 Å². The van der Waals surface area contributed by atoms with E-state index in [1.165, 1.54) is 5.56 Å². The van der Waals surface area contributed by atoms with Crippen molar-refractivity contribution >= 4 is 48.8 Å². The number of nitrogens with two attached hydrogens (primary N) is 1. The van der Waals surface area contributed by atoms with Crippen molar-refractivity contribution in [2.45, 2.75) is 20.0 Å². The minimum absolute atomic E-state index is 0. The second kappa shape index (κ2) is 13.7. The van der Waals surface area contributed by atoms with Gasteiger partial charge >= 0.3 is 0 Å². The number of halogens is 3. The molecular weight excluding hydrogens is 431 g/mol. The Morgan fingerprint density at radius 2 is 1.45 bits per heavy atom. The number of benzene rings is 2. The van der Waals surface area contributed by atoms with Crippen molar-refractivity contribution in [2.75, 3.05) is 38.5 Å². The van der Waals surface area contributed by atoms with Crippen LogP contribution in [0.25, 0.3) is 0 Å². The summed E-state index contributed by atoms with van der Waals surface area (Å²) < 4.78 is 0. The van der Waals surface area contributed by atoms with E-state index in [4.69, 9.17) is 5.73 Å². The molecular formula is C21H31Cl3N4O. The molecule has 1 aliphatic heterocycles. The molecule has 0 bridgehead atoms. The van der Waals surface area contributed by atoms with E-state index < -0.39 is 0 Å². The Labute approximate surface area is 192 Å². The number of carbonyl (C=O) groups excluding carboxylic acids is 1. The Balaban J connectivity index is 0.00000261. The lowest BCUT2D eigenvalue weighted by Crippen LogP contribution is -2.45. The predicted octanol–water partition coefficient (Wildman–Crippen LogP) is 3.60. The fourth-order valence-electron chi connectivity index (χ4n) is 3.36. The van der Waals surface area contributed by atoms with E-state index in [9.17, 15) is 4.79 Å². The standard InChI is InChI=1S/C21H28N4O.3ClH/c1-2-24-11-13-25(14-12-24)16-18-8-4-3-7-17(18)15-23-21(26)19-9-5-6-10-20(19)22;;;/h3-10H,2,11-16,22H2,1H3,(H,23,26);3*1H. The number of carbonyl (C=O) groups is 1. The van der Waals surface area contributed by atoms with Crippen molar-refractivity contribution < 1.29 is 4.79 Å². The Kier molecular flexibility index (Phi) is 13.0. The quantitative estimate of drug-likeness (QED) is 0.645. The zero-order chi connectivity index (χ0) is 18.4. The van der Waals surface area contributed by atoms with E-state index in [0.717, 1.165) is 44.8 Å². The second-order valence-corrected chi connectivity index (χ2v) is 6.75. The zero-order valence-electron chi connectivity index (χ0n) is 16.7. The molecule has 3 N–H and O–H groups in total. The van der Waals surface area contributed by atoms with Gasteiger partial charge in [0.1, 0.15) is 0 Å². The number of anilines is 1. The molecule has 5 nitrogen and oxygen atoms in total. The highest BCUT2D eigenvalue weighted by atomic mass is 35.5. The molecule has 0 atom stereocenters. The molecule has 0 unspecified atom stereocenters. The fraction of sp³-hybridized carbons (Fsp3) is 0.381. The lowest BCUT2D eigenvalue weighted by atomic mass is 10.1. The van der Waals surface area contributed by atoms with Crippen LogP contribution in [0.2, 0.25) is 0 Å². The molecule has 8 heteroatoms. The van der Waals surface area contributed by atoms with Gasteiger partial charge in [-0.1, -0.05) is 43.3 Å². The van der Waals surface area contributed by atoms with Crippen molar-refractivity contribution in [3.8, 4) is 0 Å². The van der Waals surface area contributed by atoms with E-state index in [1.54, 1.807) is 12.1 Å². The summed E-state index contributed by atoms with van der Waals surface area (Å²) in [4.78, 5) is 17.4. The maximum absolute atomic E-state index is 12.4. The first-order valence-electron chi connectivity index (χ1n) is 9.31. The molecule has 0 radical (unpaired) electrons. The van der Waals surface area contributed by atoms with Gasteiger partial charge in [0.2, 0.25) is 0 Å². The molecule has 162 valence electrons. The van der Waals surface area contributed by atoms with Crippen molar-refractivity contribution in [3.63, 3.8) is 0 Å².